The van der Waals surface area contributed by atoms with Crippen molar-refractivity contribution >= 4 is 125 Å². The first-order valence-corrected chi connectivity index (χ1v) is 51.5. The number of aromatic nitrogens is 2. The molecule has 31 heteroatoms. The highest BCUT2D eigenvalue weighted by Crippen LogP contribution is 2.44. The minimum atomic E-state index is -1.85. The number of thiophene rings is 4. The molecule has 11 heterocycles. The summed E-state index contributed by atoms with van der Waals surface area (Å²) in [5.41, 5.74) is 28.5. The number of aliphatic hydroxyl groups excluding tert-OH is 2. The number of benzene rings is 8. The number of hydrogen-bond donors (Lipinski definition) is 9. The van der Waals surface area contributed by atoms with Gasteiger partial charge in [-0.1, -0.05) is 212 Å². The van der Waals surface area contributed by atoms with Crippen LogP contribution in [0, 0.1) is 0 Å². The fourth-order valence-electron chi connectivity index (χ4n) is 17.6. The second-order valence-corrected chi connectivity index (χ2v) is 40.5. The number of hydrogen-bond acceptors (Lipinski definition) is 22. The van der Waals surface area contributed by atoms with Gasteiger partial charge in [0.2, 0.25) is 0 Å². The van der Waals surface area contributed by atoms with Crippen LogP contribution in [0.4, 0.5) is 0 Å². The Labute approximate surface area is 848 Å². The van der Waals surface area contributed by atoms with Gasteiger partial charge in [0, 0.05) is 117 Å². The number of pyridine rings is 2. The van der Waals surface area contributed by atoms with Crippen molar-refractivity contribution in [1.29, 1.82) is 0 Å². The van der Waals surface area contributed by atoms with Crippen molar-refractivity contribution < 1.29 is 68.0 Å². The Balaban J connectivity index is 0.000000141. The molecule has 0 spiro atoms. The van der Waals surface area contributed by atoms with Gasteiger partial charge in [0.05, 0.1) is 18.1 Å². The van der Waals surface area contributed by atoms with E-state index < -0.39 is 67.1 Å². The lowest BCUT2D eigenvalue weighted by molar-refractivity contribution is -0.163. The molecular weight excluding hydrogens is 1970 g/mol. The van der Waals surface area contributed by atoms with E-state index in [0.717, 1.165) is 125 Å². The Hall–Kier alpha value is -11.7. The lowest BCUT2D eigenvalue weighted by Gasteiger charge is -2.28. The predicted molar refractivity (Wildman–Crippen MR) is 559 cm³/mol. The molecule has 0 aliphatic carbocycles. The van der Waals surface area contributed by atoms with E-state index in [0.29, 0.717) is 51.3 Å². The van der Waals surface area contributed by atoms with Crippen LogP contribution in [0.15, 0.2) is 316 Å². The van der Waals surface area contributed by atoms with Crippen LogP contribution in [0.5, 0.6) is 0 Å². The van der Waals surface area contributed by atoms with E-state index in [-0.39, 0.29) is 48.3 Å². The summed E-state index contributed by atoms with van der Waals surface area (Å²) in [6.07, 6.45) is 4.61. The zero-order valence-corrected chi connectivity index (χ0v) is 84.2. The molecule has 5 aliphatic rings. The molecule has 14 aromatic rings. The third kappa shape index (κ3) is 26.2. The van der Waals surface area contributed by atoms with Crippen molar-refractivity contribution in [3.8, 4) is 64.0 Å². The molecule has 6 amide bonds. The maximum absolute atomic E-state index is 13.7. The van der Waals surface area contributed by atoms with Crippen molar-refractivity contribution in [2.45, 2.75) is 165 Å². The number of ether oxygens (including phenoxy) is 4. The van der Waals surface area contributed by atoms with E-state index in [1.165, 1.54) is 31.3 Å². The van der Waals surface area contributed by atoms with Crippen LogP contribution in [0.3, 0.4) is 0 Å². The second-order valence-electron chi connectivity index (χ2n) is 35.1. The number of halogens is 2. The van der Waals surface area contributed by atoms with E-state index >= 15 is 0 Å². The van der Waals surface area contributed by atoms with E-state index in [4.69, 9.17) is 40.5 Å². The Morgan fingerprint density at radius 1 is 0.393 bits per heavy atom. The molecule has 5 fully saturated rings. The fourth-order valence-corrected chi connectivity index (χ4v) is 22.7. The van der Waals surface area contributed by atoms with Crippen LogP contribution < -0.4 is 32.9 Å². The summed E-state index contributed by atoms with van der Waals surface area (Å²) in [6.45, 7) is 10.6. The second kappa shape index (κ2) is 48.7. The Morgan fingerprint density at radius 2 is 0.707 bits per heavy atom. The first kappa shape index (κ1) is 103. The average Bonchev–Trinajstić information content (AvgIpc) is 1.63. The quantitative estimate of drug-likeness (QED) is 0.0240. The van der Waals surface area contributed by atoms with Gasteiger partial charge in [-0.3, -0.25) is 38.7 Å². The molecule has 19 rings (SSSR count). The van der Waals surface area contributed by atoms with E-state index in [2.05, 4.69) is 129 Å². The third-order valence-electron chi connectivity index (χ3n) is 24.7. The molecule has 0 radical (unpaired) electrons. The summed E-state index contributed by atoms with van der Waals surface area (Å²) in [5.74, 6) is -4.59. The first-order chi connectivity index (χ1) is 67.8. The molecule has 0 bridgehead atoms. The first-order valence-electron chi connectivity index (χ1n) is 46.4. The molecule has 6 aromatic heterocycles. The molecule has 5 aliphatic heterocycles. The van der Waals surface area contributed by atoms with Gasteiger partial charge in [-0.05, 0) is 251 Å². The highest BCUT2D eigenvalue weighted by molar-refractivity contribution is 9.11. The molecule has 8 aromatic carbocycles. The topological polar surface area (TPSA) is 344 Å². The van der Waals surface area contributed by atoms with Crippen LogP contribution >= 0.6 is 77.2 Å². The summed E-state index contributed by atoms with van der Waals surface area (Å²) in [4.78, 5) is 97.7. The minimum Gasteiger partial charge on any atom is -0.423 e. The number of nitrogens with two attached hydrogens (primary N) is 2. The number of rotatable bonds is 25. The smallest absolute Gasteiger partial charge is 0.423 e. The van der Waals surface area contributed by atoms with E-state index in [1.54, 1.807) is 127 Å². The van der Waals surface area contributed by atoms with Crippen molar-refractivity contribution in [2.75, 3.05) is 19.6 Å². The van der Waals surface area contributed by atoms with Crippen LogP contribution in [0.2, 0.25) is 0 Å². The normalized spacial score (nSPS) is 18.6. The summed E-state index contributed by atoms with van der Waals surface area (Å²) >= 11 is 13.9. The number of amides is 6. The SMILES string of the molecule is CC1(C)O[C@@H](C(=O)NCc2ccc(-c3sccc3-c3ccncc3)cc2)[C@H](C(=O)N2CCCC2c2ccccc2)O1.CC1(C)O[C@@H](C(=O)NCc2ccc(-c3sccc3Br)cc2)[C@H](C(=O)N2CCCC2c2ccccc2)O1.NCc1ccc(-c2sccc2Br)cc1.NCc1ccc(B(O)O)cc1.O=C(NCc1ccc(-c2sccc2-c2ccncc2)cc1)[C@H](O)[C@@H](O)C(=O)N1CCCC1c1ccccc1. The molecule has 0 saturated carbocycles. The largest absolute Gasteiger partial charge is 0.488 e. The number of carbonyl (C=O) groups excluding carboxylic acids is 6. The van der Waals surface area contributed by atoms with Gasteiger partial charge < -0.3 is 81.3 Å². The Morgan fingerprint density at radius 3 is 1.06 bits per heavy atom. The van der Waals surface area contributed by atoms with Gasteiger partial charge in [0.15, 0.2) is 48.2 Å². The van der Waals surface area contributed by atoms with Crippen LogP contribution in [-0.4, -0.2) is 155 Å². The highest BCUT2D eigenvalue weighted by atomic mass is 79.9. The van der Waals surface area contributed by atoms with Gasteiger partial charge in [-0.2, -0.15) is 0 Å². The van der Waals surface area contributed by atoms with Gasteiger partial charge in [-0.15, -0.1) is 45.3 Å². The molecule has 140 heavy (non-hydrogen) atoms. The molecule has 3 unspecified atom stereocenters. The molecule has 11 N–H and O–H groups in total. The van der Waals surface area contributed by atoms with Gasteiger partial charge in [0.1, 0.15) is 0 Å². The zero-order chi connectivity index (χ0) is 98.4. The molecule has 9 atom stereocenters. The number of carbonyl (C=O) groups is 6. The molecular formula is C109H111BBr2N10O14S4. The van der Waals surface area contributed by atoms with Gasteiger partial charge in [-0.25, -0.2) is 0 Å². The average molecular weight is 2080 g/mol. The summed E-state index contributed by atoms with van der Waals surface area (Å²) in [7, 11) is -1.39. The summed E-state index contributed by atoms with van der Waals surface area (Å²) in [5, 5.41) is 55.2. The number of nitrogens with one attached hydrogen (secondary N) is 3. The van der Waals surface area contributed by atoms with Crippen molar-refractivity contribution in [3.63, 3.8) is 0 Å². The Kier molecular flexibility index (Phi) is 35.7. The zero-order valence-electron chi connectivity index (χ0n) is 77.8. The minimum absolute atomic E-state index is 0.0170. The monoisotopic (exact) mass is 2080 g/mol. The molecule has 5 saturated heterocycles. The van der Waals surface area contributed by atoms with Crippen molar-refractivity contribution in [2.24, 2.45) is 11.5 Å². The molecule has 722 valence electrons. The van der Waals surface area contributed by atoms with Crippen LogP contribution in [0.1, 0.15) is 129 Å². The molecule has 24 nitrogen and oxygen atoms in total. The number of likely N-dealkylation sites (tertiary alicyclic amines) is 3. The standard InChI is InChI=1S/C33H33N3O4S.C30H29N3O4S.C28H29BrN2O4S.C11H10BrNS.C7H10BNO2/c1-33(2)39-28(29(40-33)32(38)36-19-6-9-27(36)24-7-4-3-5-8-24)31(37)35-21-22-10-12-25(13-11-22)30-26(16-20-41-30)23-14-17-34-18-15-23;34-26(27(35)30(37)33-17-4-7-25(33)22-5-2-1-3-6-22)29(36)32-19-20-8-10-23(11-9-20)28-24(14-18-38-28)21-12-15-31-16-13-21;1-28(2)34-23(24(35-28)27(33)31-15-6-9-22(31)19-7-4-3-5-8-19)26(32)30-17-18-10-12-20(13-11-18)25-21(29)14-16-36-25;12-10-5-6-14-11(10)9-3-1-8(7-13)2-4-9;9-5-6-1-3-7(4-2-6)8(10)11/h3-5,7-8,10-18,20,27-29H,6,9,19,21H2,1-2H3,(H,35,37);1-3,5-6,8-16,18,25-27,34-35H,4,7,17,19H2,(H,32,36);3-5,7-8,10-14,16,22-24H,6,9,15,17H2,1-2H3,(H,30,32);1-6H,7,13H2;1-4,10-11H,5,9H2/t27?,28-,29-;25?,26-,27-;22?,23-,24-;;/m111../s1. The van der Waals surface area contributed by atoms with Crippen molar-refractivity contribution in [3.05, 3.63) is 361 Å². The van der Waals surface area contributed by atoms with E-state index in [9.17, 15) is 39.0 Å². The lowest BCUT2D eigenvalue weighted by atomic mass is 9.80. The summed E-state index contributed by atoms with van der Waals surface area (Å²) in [6, 6.07) is 84.9. The lowest BCUT2D eigenvalue weighted by Crippen LogP contribution is -2.50. The highest BCUT2D eigenvalue weighted by Gasteiger charge is 2.53. The number of nitrogens with zero attached hydrogens (tertiary/aromatic N) is 5. The van der Waals surface area contributed by atoms with E-state index in [1.807, 2.05) is 197 Å². The van der Waals surface area contributed by atoms with Gasteiger partial charge in [0.25, 0.3) is 35.4 Å². The third-order valence-corrected chi connectivity index (χ3v) is 30.4. The Bertz CT molecular complexity index is 6420. The predicted octanol–water partition coefficient (Wildman–Crippen LogP) is 18.3. The summed E-state index contributed by atoms with van der Waals surface area (Å²) < 4.78 is 26.1. The van der Waals surface area contributed by atoms with Crippen molar-refractivity contribution in [1.82, 2.24) is 40.6 Å². The maximum atomic E-state index is 13.7. The van der Waals surface area contributed by atoms with Crippen LogP contribution in [-0.2, 0) is 80.4 Å². The van der Waals surface area contributed by atoms with Crippen LogP contribution in [0.25, 0.3) is 64.0 Å². The number of aliphatic hydroxyl groups is 2. The maximum Gasteiger partial charge on any atom is 0.488 e. The van der Waals surface area contributed by atoms with Gasteiger partial charge >= 0.3 is 7.12 Å². The fraction of sp³-hybridized carbons (Fsp3) is 0.266.